The van der Waals surface area contributed by atoms with Crippen molar-refractivity contribution < 1.29 is 4.39 Å². The number of rotatable bonds is 2. The van der Waals surface area contributed by atoms with Crippen molar-refractivity contribution in [3.05, 3.63) is 53.6 Å². The van der Waals surface area contributed by atoms with Crippen LogP contribution < -0.4 is 11.1 Å². The van der Waals surface area contributed by atoms with Gasteiger partial charge in [-0.1, -0.05) is 12.1 Å². The smallest absolute Gasteiger partial charge is 0.146 e. The molecule has 2 nitrogen and oxygen atoms in total. The van der Waals surface area contributed by atoms with Crippen LogP contribution in [0.15, 0.2) is 47.8 Å². The molecule has 0 aromatic heterocycles. The first-order valence-corrected chi connectivity index (χ1v) is 5.42. The van der Waals surface area contributed by atoms with Crippen LogP contribution in [0.3, 0.4) is 0 Å². The molecule has 1 aromatic rings. The van der Waals surface area contributed by atoms with Crippen molar-refractivity contribution in [3.8, 4) is 0 Å². The maximum atomic E-state index is 13.4. The van der Waals surface area contributed by atoms with Crippen molar-refractivity contribution in [2.75, 3.05) is 5.32 Å². The second-order valence-corrected chi connectivity index (χ2v) is 3.89. The summed E-state index contributed by atoms with van der Waals surface area (Å²) in [5, 5.41) is 3.10. The lowest BCUT2D eigenvalue weighted by atomic mass is 10.2. The molecule has 3 heteroatoms. The minimum Gasteiger partial charge on any atom is -0.402 e. The van der Waals surface area contributed by atoms with Crippen LogP contribution in [0.25, 0.3) is 0 Å². The lowest BCUT2D eigenvalue weighted by molar-refractivity contribution is 0.631. The summed E-state index contributed by atoms with van der Waals surface area (Å²) < 4.78 is 13.4. The molecule has 0 spiro atoms. The predicted molar refractivity (Wildman–Crippen MR) is 64.2 cm³/mol. The van der Waals surface area contributed by atoms with E-state index < -0.39 is 0 Å². The van der Waals surface area contributed by atoms with Crippen LogP contribution in [0.1, 0.15) is 19.3 Å². The van der Waals surface area contributed by atoms with Crippen molar-refractivity contribution in [3.63, 3.8) is 0 Å². The zero-order valence-electron chi connectivity index (χ0n) is 9.04. The van der Waals surface area contributed by atoms with Crippen LogP contribution in [0.2, 0.25) is 0 Å². The van der Waals surface area contributed by atoms with E-state index in [1.54, 1.807) is 12.1 Å². The van der Waals surface area contributed by atoms with Gasteiger partial charge in [0, 0.05) is 11.4 Å². The van der Waals surface area contributed by atoms with E-state index in [0.717, 1.165) is 30.7 Å². The minimum absolute atomic E-state index is 0.232. The highest BCUT2D eigenvalue weighted by atomic mass is 19.1. The molecule has 1 aliphatic carbocycles. The van der Waals surface area contributed by atoms with Crippen molar-refractivity contribution in [1.29, 1.82) is 0 Å². The third-order valence-electron chi connectivity index (χ3n) is 2.58. The molecule has 0 unspecified atom stereocenters. The minimum atomic E-state index is -0.232. The lowest BCUT2D eigenvalue weighted by Crippen LogP contribution is -2.00. The molecular weight excluding hydrogens is 203 g/mol. The number of nitrogens with two attached hydrogens (primary N) is 1. The Hall–Kier alpha value is -1.77. The molecule has 2 rings (SSSR count). The van der Waals surface area contributed by atoms with Gasteiger partial charge in [-0.25, -0.2) is 4.39 Å². The number of para-hydroxylation sites is 1. The molecule has 0 heterocycles. The van der Waals surface area contributed by atoms with Gasteiger partial charge >= 0.3 is 0 Å². The summed E-state index contributed by atoms with van der Waals surface area (Å²) in [6.07, 6.45) is 6.60. The number of hydrogen-bond donors (Lipinski definition) is 2. The fraction of sp³-hybridized carbons (Fsp3) is 0.231. The van der Waals surface area contributed by atoms with Gasteiger partial charge in [-0.3, -0.25) is 0 Å². The van der Waals surface area contributed by atoms with E-state index in [4.69, 9.17) is 5.73 Å². The van der Waals surface area contributed by atoms with E-state index in [2.05, 4.69) is 5.32 Å². The summed E-state index contributed by atoms with van der Waals surface area (Å²) in [6, 6.07) is 6.67. The van der Waals surface area contributed by atoms with Crippen LogP contribution in [-0.2, 0) is 0 Å². The Kier molecular flexibility index (Phi) is 3.25. The first kappa shape index (κ1) is 10.7. The van der Waals surface area contributed by atoms with Gasteiger partial charge in [0.05, 0.1) is 5.69 Å². The maximum absolute atomic E-state index is 13.4. The zero-order valence-corrected chi connectivity index (χ0v) is 9.04. The highest BCUT2D eigenvalue weighted by Gasteiger charge is 2.05. The molecule has 1 aromatic carbocycles. The number of anilines is 1. The van der Waals surface area contributed by atoms with Crippen LogP contribution in [-0.4, -0.2) is 0 Å². The summed E-state index contributed by atoms with van der Waals surface area (Å²) in [4.78, 5) is 0. The molecule has 84 valence electrons. The third kappa shape index (κ3) is 2.63. The summed E-state index contributed by atoms with van der Waals surface area (Å²) in [5.41, 5.74) is 8.14. The Bertz CT molecular complexity index is 435. The second-order valence-electron chi connectivity index (χ2n) is 3.89. The summed E-state index contributed by atoms with van der Waals surface area (Å²) in [7, 11) is 0. The quantitative estimate of drug-likeness (QED) is 0.800. The van der Waals surface area contributed by atoms with Crippen LogP contribution in [0.5, 0.6) is 0 Å². The van der Waals surface area contributed by atoms with Crippen LogP contribution in [0.4, 0.5) is 10.1 Å². The van der Waals surface area contributed by atoms with Crippen LogP contribution in [0, 0.1) is 5.82 Å². The standard InChI is InChI=1S/C13H15FN2/c14-12-6-1-2-7-13(12)16-11-5-3-4-10(15)8-9-11/h1-2,6-9,16H,3-5,15H2. The maximum Gasteiger partial charge on any atom is 0.146 e. The largest absolute Gasteiger partial charge is 0.402 e. The molecule has 3 N–H and O–H groups in total. The van der Waals surface area contributed by atoms with Crippen molar-refractivity contribution in [2.24, 2.45) is 5.73 Å². The Balaban J connectivity index is 2.13. The fourth-order valence-electron chi connectivity index (χ4n) is 1.70. The van der Waals surface area contributed by atoms with Gasteiger partial charge in [0.2, 0.25) is 0 Å². The predicted octanol–water partition coefficient (Wildman–Crippen LogP) is 3.15. The number of allylic oxidation sites excluding steroid dienone is 4. The van der Waals surface area contributed by atoms with E-state index in [1.807, 2.05) is 18.2 Å². The molecule has 0 aliphatic heterocycles. The number of benzene rings is 1. The fourth-order valence-corrected chi connectivity index (χ4v) is 1.70. The van der Waals surface area contributed by atoms with E-state index in [9.17, 15) is 4.39 Å². The third-order valence-corrected chi connectivity index (χ3v) is 2.58. The zero-order chi connectivity index (χ0) is 11.4. The highest BCUT2D eigenvalue weighted by molar-refractivity contribution is 5.50. The molecular formula is C13H15FN2. The number of hydrogen-bond acceptors (Lipinski definition) is 2. The summed E-state index contributed by atoms with van der Waals surface area (Å²) in [6.45, 7) is 0. The van der Waals surface area contributed by atoms with E-state index in [0.29, 0.717) is 5.69 Å². The van der Waals surface area contributed by atoms with Gasteiger partial charge in [-0.2, -0.15) is 0 Å². The van der Waals surface area contributed by atoms with Gasteiger partial charge in [0.1, 0.15) is 5.82 Å². The molecule has 0 saturated carbocycles. The van der Waals surface area contributed by atoms with E-state index in [-0.39, 0.29) is 5.82 Å². The van der Waals surface area contributed by atoms with Gasteiger partial charge in [0.25, 0.3) is 0 Å². The molecule has 0 amide bonds. The van der Waals surface area contributed by atoms with E-state index >= 15 is 0 Å². The SMILES string of the molecule is NC1=CC=C(Nc2ccccc2F)CCC1. The highest BCUT2D eigenvalue weighted by Crippen LogP contribution is 2.20. The van der Waals surface area contributed by atoms with Gasteiger partial charge < -0.3 is 11.1 Å². The molecule has 0 fully saturated rings. The molecule has 0 saturated heterocycles. The molecule has 0 bridgehead atoms. The first-order chi connectivity index (χ1) is 7.75. The Morgan fingerprint density at radius 1 is 1.12 bits per heavy atom. The van der Waals surface area contributed by atoms with Crippen molar-refractivity contribution in [1.82, 2.24) is 0 Å². The monoisotopic (exact) mass is 218 g/mol. The average Bonchev–Trinajstić information content (AvgIpc) is 2.47. The van der Waals surface area contributed by atoms with E-state index in [1.165, 1.54) is 6.07 Å². The molecule has 1 aliphatic rings. The topological polar surface area (TPSA) is 38.0 Å². The van der Waals surface area contributed by atoms with Crippen molar-refractivity contribution in [2.45, 2.75) is 19.3 Å². The summed E-state index contributed by atoms with van der Waals surface area (Å²) >= 11 is 0. The normalized spacial score (nSPS) is 16.1. The molecule has 0 atom stereocenters. The van der Waals surface area contributed by atoms with Gasteiger partial charge in [-0.15, -0.1) is 0 Å². The lowest BCUT2D eigenvalue weighted by Gasteiger charge is -2.09. The Morgan fingerprint density at radius 3 is 2.75 bits per heavy atom. The Morgan fingerprint density at radius 2 is 1.94 bits per heavy atom. The molecule has 16 heavy (non-hydrogen) atoms. The number of nitrogens with one attached hydrogen (secondary N) is 1. The van der Waals surface area contributed by atoms with Crippen molar-refractivity contribution >= 4 is 5.69 Å². The second kappa shape index (κ2) is 4.84. The summed E-state index contributed by atoms with van der Waals surface area (Å²) in [5.74, 6) is -0.232. The van der Waals surface area contributed by atoms with Gasteiger partial charge in [-0.05, 0) is 43.5 Å². The first-order valence-electron chi connectivity index (χ1n) is 5.42. The van der Waals surface area contributed by atoms with Gasteiger partial charge in [0.15, 0.2) is 0 Å². The Labute approximate surface area is 94.7 Å². The van der Waals surface area contributed by atoms with Crippen LogP contribution >= 0.6 is 0 Å². The molecule has 0 radical (unpaired) electrons. The number of halogens is 1. The average molecular weight is 218 g/mol.